The van der Waals surface area contributed by atoms with Crippen molar-refractivity contribution in [2.24, 2.45) is 5.73 Å². The molecule has 8 heteroatoms. The van der Waals surface area contributed by atoms with Crippen molar-refractivity contribution in [3.05, 3.63) is 60.6 Å². The topological polar surface area (TPSA) is 85.3 Å². The Labute approximate surface area is 158 Å². The van der Waals surface area contributed by atoms with Crippen molar-refractivity contribution in [3.63, 3.8) is 0 Å². The van der Waals surface area contributed by atoms with Crippen molar-refractivity contribution >= 4 is 40.5 Å². The summed E-state index contributed by atoms with van der Waals surface area (Å²) in [6, 6.07) is 7.11. The quantitative estimate of drug-likeness (QED) is 0.764. The predicted molar refractivity (Wildman–Crippen MR) is 96.2 cm³/mol. The van der Waals surface area contributed by atoms with E-state index in [1.807, 2.05) is 0 Å². The van der Waals surface area contributed by atoms with Gasteiger partial charge in [0.1, 0.15) is 17.2 Å². The second kappa shape index (κ2) is 6.60. The zero-order chi connectivity index (χ0) is 18.3. The SMILES string of the molecule is COC(=O)c1c(C)sc2c1OC(N)=C(C#N)[C@H]2c1ccc(Cl)cc1Cl. The molecule has 3 rings (SSSR count). The standard InChI is InChI=1S/C17H12Cl2N2O3S/c1-7-12(17(22)23-2)14-15(25-7)13(10(6-20)16(21)24-14)9-4-3-8(18)5-11(9)19/h3-5,13H,21H2,1-2H3/t13-/m1/s1. The van der Waals surface area contributed by atoms with Gasteiger partial charge in [0.2, 0.25) is 5.88 Å². The number of ether oxygens (including phenoxy) is 2. The van der Waals surface area contributed by atoms with E-state index in [4.69, 9.17) is 38.4 Å². The molecular weight excluding hydrogens is 383 g/mol. The number of carbonyl (C=O) groups excluding carboxylic acids is 1. The van der Waals surface area contributed by atoms with Crippen molar-refractivity contribution in [2.45, 2.75) is 12.8 Å². The number of nitrogens with two attached hydrogens (primary N) is 1. The van der Waals surface area contributed by atoms with Gasteiger partial charge in [0.05, 0.1) is 17.9 Å². The first kappa shape index (κ1) is 17.6. The van der Waals surface area contributed by atoms with E-state index in [2.05, 4.69) is 6.07 Å². The summed E-state index contributed by atoms with van der Waals surface area (Å²) in [5.41, 5.74) is 7.14. The molecule has 0 unspecified atom stereocenters. The molecule has 1 aliphatic rings. The van der Waals surface area contributed by atoms with E-state index in [1.54, 1.807) is 25.1 Å². The van der Waals surface area contributed by atoms with Gasteiger partial charge in [-0.1, -0.05) is 29.3 Å². The number of methoxy groups -OCH3 is 1. The van der Waals surface area contributed by atoms with Gasteiger partial charge in [-0.05, 0) is 24.6 Å². The highest BCUT2D eigenvalue weighted by Gasteiger charge is 2.37. The van der Waals surface area contributed by atoms with Crippen LogP contribution in [0.4, 0.5) is 0 Å². The van der Waals surface area contributed by atoms with Crippen LogP contribution in [0.1, 0.15) is 31.6 Å². The second-order valence-corrected chi connectivity index (χ2v) is 7.41. The molecule has 25 heavy (non-hydrogen) atoms. The molecule has 0 saturated carbocycles. The molecule has 0 fully saturated rings. The molecule has 128 valence electrons. The van der Waals surface area contributed by atoms with E-state index in [1.165, 1.54) is 18.4 Å². The van der Waals surface area contributed by atoms with E-state index >= 15 is 0 Å². The summed E-state index contributed by atoms with van der Waals surface area (Å²) >= 11 is 13.7. The maximum absolute atomic E-state index is 12.1. The molecule has 5 nitrogen and oxygen atoms in total. The third-order valence-corrected chi connectivity index (χ3v) is 5.59. The number of nitrogens with zero attached hydrogens (tertiary/aromatic N) is 1. The van der Waals surface area contributed by atoms with E-state index in [0.717, 1.165) is 0 Å². The van der Waals surface area contributed by atoms with Gasteiger partial charge in [-0.25, -0.2) is 4.79 Å². The average molecular weight is 395 g/mol. The molecule has 2 N–H and O–H groups in total. The van der Waals surface area contributed by atoms with Crippen LogP contribution in [0, 0.1) is 18.3 Å². The molecule has 1 atom stereocenters. The summed E-state index contributed by atoms with van der Waals surface area (Å²) in [5, 5.41) is 10.5. The summed E-state index contributed by atoms with van der Waals surface area (Å²) in [7, 11) is 1.29. The van der Waals surface area contributed by atoms with E-state index in [0.29, 0.717) is 36.7 Å². The number of allylic oxidation sites excluding steroid dienone is 1. The molecule has 0 amide bonds. The van der Waals surface area contributed by atoms with Crippen molar-refractivity contribution in [2.75, 3.05) is 7.11 Å². The Kier molecular flexibility index (Phi) is 4.65. The van der Waals surface area contributed by atoms with Crippen LogP contribution in [-0.4, -0.2) is 13.1 Å². The summed E-state index contributed by atoms with van der Waals surface area (Å²) in [6.07, 6.45) is 0. The maximum atomic E-state index is 12.1. The first-order chi connectivity index (χ1) is 11.9. The molecule has 1 aromatic carbocycles. The third-order valence-electron chi connectivity index (χ3n) is 3.88. The summed E-state index contributed by atoms with van der Waals surface area (Å²) in [6.45, 7) is 1.78. The lowest BCUT2D eigenvalue weighted by molar-refractivity contribution is 0.0597. The zero-order valence-electron chi connectivity index (χ0n) is 13.2. The van der Waals surface area contributed by atoms with Crippen LogP contribution in [0.15, 0.2) is 29.7 Å². The van der Waals surface area contributed by atoms with E-state index in [9.17, 15) is 10.1 Å². The zero-order valence-corrected chi connectivity index (χ0v) is 15.6. The molecule has 0 spiro atoms. The number of carbonyl (C=O) groups is 1. The molecule has 0 bridgehead atoms. The van der Waals surface area contributed by atoms with Crippen LogP contribution < -0.4 is 10.5 Å². The Bertz CT molecular complexity index is 960. The van der Waals surface area contributed by atoms with Crippen molar-refractivity contribution < 1.29 is 14.3 Å². The smallest absolute Gasteiger partial charge is 0.342 e. The molecule has 0 aliphatic carbocycles. The van der Waals surface area contributed by atoms with Crippen molar-refractivity contribution in [1.82, 2.24) is 0 Å². The lowest BCUT2D eigenvalue weighted by atomic mass is 9.88. The number of fused-ring (bicyclic) bond motifs is 1. The molecule has 1 aliphatic heterocycles. The number of thiophene rings is 1. The average Bonchev–Trinajstić information content (AvgIpc) is 2.89. The van der Waals surface area contributed by atoms with Gasteiger partial charge in [0, 0.05) is 14.9 Å². The number of benzene rings is 1. The Morgan fingerprint density at radius 1 is 1.44 bits per heavy atom. The van der Waals surface area contributed by atoms with Crippen LogP contribution in [0.3, 0.4) is 0 Å². The first-order valence-electron chi connectivity index (χ1n) is 7.13. The first-order valence-corrected chi connectivity index (χ1v) is 8.70. The fraction of sp³-hybridized carbons (Fsp3) is 0.176. The number of hydrogen-bond donors (Lipinski definition) is 1. The molecule has 0 radical (unpaired) electrons. The Morgan fingerprint density at radius 3 is 2.76 bits per heavy atom. The molecule has 2 aromatic rings. The highest BCUT2D eigenvalue weighted by atomic mass is 35.5. The lowest BCUT2D eigenvalue weighted by Gasteiger charge is -2.24. The van der Waals surface area contributed by atoms with Crippen LogP contribution in [0.25, 0.3) is 0 Å². The highest BCUT2D eigenvalue weighted by Crippen LogP contribution is 2.50. The maximum Gasteiger partial charge on any atom is 0.342 e. The molecular formula is C17H12Cl2N2O3S. The summed E-state index contributed by atoms with van der Waals surface area (Å²) in [4.78, 5) is 13.5. The van der Waals surface area contributed by atoms with Gasteiger partial charge in [-0.3, -0.25) is 0 Å². The number of hydrogen-bond acceptors (Lipinski definition) is 6. The largest absolute Gasteiger partial charge is 0.465 e. The number of halogens is 2. The lowest BCUT2D eigenvalue weighted by Crippen LogP contribution is -2.21. The predicted octanol–water partition coefficient (Wildman–Crippen LogP) is 4.37. The Morgan fingerprint density at radius 2 is 2.16 bits per heavy atom. The van der Waals surface area contributed by atoms with Gasteiger partial charge in [0.25, 0.3) is 0 Å². The summed E-state index contributed by atoms with van der Waals surface area (Å²) < 4.78 is 10.4. The van der Waals surface area contributed by atoms with Crippen LogP contribution in [-0.2, 0) is 4.74 Å². The molecule has 2 heterocycles. The number of rotatable bonds is 2. The van der Waals surface area contributed by atoms with Crippen molar-refractivity contribution in [1.29, 1.82) is 5.26 Å². The van der Waals surface area contributed by atoms with Gasteiger partial charge in [-0.2, -0.15) is 5.26 Å². The monoisotopic (exact) mass is 394 g/mol. The normalized spacial score (nSPS) is 16.0. The molecule has 0 saturated heterocycles. The van der Waals surface area contributed by atoms with Crippen LogP contribution >= 0.6 is 34.5 Å². The van der Waals surface area contributed by atoms with E-state index in [-0.39, 0.29) is 11.5 Å². The Hall–Kier alpha value is -2.20. The minimum Gasteiger partial charge on any atom is -0.465 e. The van der Waals surface area contributed by atoms with Gasteiger partial charge in [0.15, 0.2) is 5.75 Å². The van der Waals surface area contributed by atoms with Crippen LogP contribution in [0.5, 0.6) is 5.75 Å². The number of nitriles is 1. The fourth-order valence-electron chi connectivity index (χ4n) is 2.77. The van der Waals surface area contributed by atoms with Gasteiger partial charge in [-0.15, -0.1) is 11.3 Å². The number of esters is 1. The minimum atomic E-state index is -0.541. The number of aryl methyl sites for hydroxylation is 1. The van der Waals surface area contributed by atoms with Gasteiger partial charge < -0.3 is 15.2 Å². The van der Waals surface area contributed by atoms with E-state index < -0.39 is 11.9 Å². The molecule has 1 aromatic heterocycles. The summed E-state index contributed by atoms with van der Waals surface area (Å²) in [5.74, 6) is -0.819. The Balaban J connectivity index is 2.28. The van der Waals surface area contributed by atoms with Crippen LogP contribution in [0.2, 0.25) is 10.0 Å². The minimum absolute atomic E-state index is 0.0611. The van der Waals surface area contributed by atoms with Crippen molar-refractivity contribution in [3.8, 4) is 11.8 Å². The van der Waals surface area contributed by atoms with Gasteiger partial charge >= 0.3 is 5.97 Å². The third kappa shape index (κ3) is 2.85. The highest BCUT2D eigenvalue weighted by molar-refractivity contribution is 7.12. The fourth-order valence-corrected chi connectivity index (χ4v) is 4.49. The second-order valence-electron chi connectivity index (χ2n) is 5.31.